The Morgan fingerprint density at radius 3 is 2.67 bits per heavy atom. The van der Waals surface area contributed by atoms with Crippen molar-refractivity contribution in [2.75, 3.05) is 19.7 Å². The molecule has 0 radical (unpaired) electrons. The number of ether oxygens (including phenoxy) is 1. The van der Waals surface area contributed by atoms with Crippen molar-refractivity contribution in [1.82, 2.24) is 10.4 Å². The average molecular weight is 416 g/mol. The summed E-state index contributed by atoms with van der Waals surface area (Å²) in [7, 11) is 0. The molecule has 0 aliphatic carbocycles. The Morgan fingerprint density at radius 2 is 2.00 bits per heavy atom. The molecule has 0 fully saturated rings. The second-order valence-corrected chi connectivity index (χ2v) is 8.28. The zero-order valence-corrected chi connectivity index (χ0v) is 17.4. The molecule has 0 saturated heterocycles. The van der Waals surface area contributed by atoms with Crippen LogP contribution >= 0.6 is 0 Å². The van der Waals surface area contributed by atoms with Crippen LogP contribution in [0, 0.1) is 0 Å². The van der Waals surface area contributed by atoms with Gasteiger partial charge >= 0.3 is 0 Å². The molecule has 1 aliphatic rings. The number of fused-ring (bicyclic) bond motifs is 1. The third kappa shape index (κ3) is 5.70. The summed E-state index contributed by atoms with van der Waals surface area (Å²) in [6, 6.07) is 13.0. The summed E-state index contributed by atoms with van der Waals surface area (Å²) in [4.78, 5) is 13.2. The highest BCUT2D eigenvalue weighted by Crippen LogP contribution is 2.38. The van der Waals surface area contributed by atoms with Crippen LogP contribution in [0.5, 0.6) is 11.5 Å². The first-order chi connectivity index (χ1) is 14.3. The Bertz CT molecular complexity index is 864. The molecule has 30 heavy (non-hydrogen) atoms. The topological polar surface area (TPSA) is 82.0 Å². The summed E-state index contributed by atoms with van der Waals surface area (Å²) in [5.41, 5.74) is 3.46. The lowest BCUT2D eigenvalue weighted by Gasteiger charge is -2.40. The number of nitrogens with zero attached hydrogens (tertiary/aromatic N) is 1. The van der Waals surface area contributed by atoms with Crippen molar-refractivity contribution in [3.63, 3.8) is 0 Å². The Hall–Kier alpha value is -2.64. The molecule has 1 aliphatic heterocycles. The standard InChI is InChI=1S/C23H29FN2O4/c1-23(2,24)15-26-12-11-17-14-18(27)7-10-20(17)22(26)16-5-8-19(9-6-16)30-13-3-4-21(28)25-29/h5-10,14,22,27,29H,3-4,11-13,15H2,1-2H3,(H,25,28). The number of benzene rings is 2. The number of phenolic OH excluding ortho intramolecular Hbond substituents is 1. The van der Waals surface area contributed by atoms with Gasteiger partial charge in [-0.2, -0.15) is 0 Å². The zero-order valence-electron chi connectivity index (χ0n) is 17.4. The summed E-state index contributed by atoms with van der Waals surface area (Å²) < 4.78 is 20.1. The molecule has 3 rings (SSSR count). The van der Waals surface area contributed by atoms with Gasteiger partial charge in [-0.25, -0.2) is 9.87 Å². The van der Waals surface area contributed by atoms with Gasteiger partial charge in [0.2, 0.25) is 5.91 Å². The SMILES string of the molecule is CC(C)(F)CN1CCc2cc(O)ccc2C1c1ccc(OCCCC(=O)NO)cc1. The lowest BCUT2D eigenvalue weighted by Crippen LogP contribution is -2.42. The van der Waals surface area contributed by atoms with Gasteiger partial charge in [0.15, 0.2) is 0 Å². The maximum atomic E-state index is 14.5. The highest BCUT2D eigenvalue weighted by Gasteiger charge is 2.32. The van der Waals surface area contributed by atoms with Crippen LogP contribution in [0.15, 0.2) is 42.5 Å². The number of carbonyl (C=O) groups is 1. The molecular weight excluding hydrogens is 387 g/mol. The van der Waals surface area contributed by atoms with Gasteiger partial charge in [-0.05, 0) is 67.6 Å². The van der Waals surface area contributed by atoms with Crippen LogP contribution < -0.4 is 10.2 Å². The van der Waals surface area contributed by atoms with E-state index in [0.717, 1.165) is 23.1 Å². The van der Waals surface area contributed by atoms with Crippen molar-refractivity contribution in [3.05, 3.63) is 59.2 Å². The van der Waals surface area contributed by atoms with Crippen molar-refractivity contribution in [2.45, 2.75) is 44.8 Å². The van der Waals surface area contributed by atoms with E-state index in [1.807, 2.05) is 30.3 Å². The van der Waals surface area contributed by atoms with Crippen molar-refractivity contribution in [3.8, 4) is 11.5 Å². The van der Waals surface area contributed by atoms with E-state index in [9.17, 15) is 14.3 Å². The summed E-state index contributed by atoms with van der Waals surface area (Å²) in [5.74, 6) is 0.486. The number of halogens is 1. The number of amides is 1. The normalized spacial score (nSPS) is 16.7. The number of hydroxylamine groups is 1. The first-order valence-corrected chi connectivity index (χ1v) is 10.2. The van der Waals surface area contributed by atoms with Crippen LogP contribution in [0.2, 0.25) is 0 Å². The van der Waals surface area contributed by atoms with Gasteiger partial charge in [-0.3, -0.25) is 14.9 Å². The number of rotatable bonds is 8. The van der Waals surface area contributed by atoms with Crippen LogP contribution in [-0.2, 0) is 11.2 Å². The summed E-state index contributed by atoms with van der Waals surface area (Å²) in [6.07, 6.45) is 1.44. The predicted molar refractivity (Wildman–Crippen MR) is 112 cm³/mol. The minimum Gasteiger partial charge on any atom is -0.508 e. The molecule has 2 aromatic carbocycles. The third-order valence-electron chi connectivity index (χ3n) is 5.17. The van der Waals surface area contributed by atoms with Gasteiger partial charge < -0.3 is 9.84 Å². The molecule has 1 atom stereocenters. The van der Waals surface area contributed by atoms with E-state index in [1.54, 1.807) is 31.5 Å². The number of nitrogens with one attached hydrogen (secondary N) is 1. The lowest BCUT2D eigenvalue weighted by atomic mass is 9.87. The average Bonchev–Trinajstić information content (AvgIpc) is 2.70. The second-order valence-electron chi connectivity index (χ2n) is 8.28. The lowest BCUT2D eigenvalue weighted by molar-refractivity contribution is -0.129. The maximum Gasteiger partial charge on any atom is 0.243 e. The van der Waals surface area contributed by atoms with Gasteiger partial charge in [0.1, 0.15) is 17.2 Å². The largest absolute Gasteiger partial charge is 0.508 e. The number of aromatic hydroxyl groups is 1. The van der Waals surface area contributed by atoms with E-state index in [0.29, 0.717) is 31.9 Å². The van der Waals surface area contributed by atoms with Crippen LogP contribution in [0.25, 0.3) is 0 Å². The minimum atomic E-state index is -1.32. The van der Waals surface area contributed by atoms with Gasteiger partial charge in [-0.15, -0.1) is 0 Å². The highest BCUT2D eigenvalue weighted by molar-refractivity contribution is 5.74. The van der Waals surface area contributed by atoms with E-state index in [2.05, 4.69) is 4.90 Å². The third-order valence-corrected chi connectivity index (χ3v) is 5.17. The Balaban J connectivity index is 1.77. The molecule has 0 saturated carbocycles. The van der Waals surface area contributed by atoms with Crippen molar-refractivity contribution >= 4 is 5.91 Å². The Labute approximate surface area is 176 Å². The molecule has 2 aromatic rings. The summed E-state index contributed by atoms with van der Waals surface area (Å²) in [6.45, 7) is 4.55. The van der Waals surface area contributed by atoms with Crippen LogP contribution in [0.3, 0.4) is 0 Å². The molecule has 1 heterocycles. The van der Waals surface area contributed by atoms with Crippen molar-refractivity contribution in [1.29, 1.82) is 0 Å². The molecule has 1 unspecified atom stereocenters. The van der Waals surface area contributed by atoms with Gasteiger partial charge in [0.05, 0.1) is 12.6 Å². The molecule has 0 aromatic heterocycles. The van der Waals surface area contributed by atoms with Gasteiger partial charge in [-0.1, -0.05) is 18.2 Å². The quantitative estimate of drug-likeness (QED) is 0.347. The van der Waals surface area contributed by atoms with Crippen LogP contribution in [0.4, 0.5) is 4.39 Å². The molecule has 3 N–H and O–H groups in total. The summed E-state index contributed by atoms with van der Waals surface area (Å²) in [5, 5.41) is 18.4. The van der Waals surface area contributed by atoms with E-state index in [4.69, 9.17) is 9.94 Å². The van der Waals surface area contributed by atoms with Gasteiger partial charge in [0, 0.05) is 19.5 Å². The van der Waals surface area contributed by atoms with E-state index in [-0.39, 0.29) is 18.2 Å². The number of phenols is 1. The molecule has 6 nitrogen and oxygen atoms in total. The van der Waals surface area contributed by atoms with Crippen molar-refractivity contribution < 1.29 is 24.2 Å². The van der Waals surface area contributed by atoms with Crippen LogP contribution in [0.1, 0.15) is 49.4 Å². The second kappa shape index (κ2) is 9.45. The first kappa shape index (κ1) is 22.1. The number of hydrogen-bond acceptors (Lipinski definition) is 5. The number of alkyl halides is 1. The number of carbonyl (C=O) groups excluding carboxylic acids is 1. The Morgan fingerprint density at radius 1 is 1.27 bits per heavy atom. The van der Waals surface area contributed by atoms with E-state index < -0.39 is 11.6 Å². The fourth-order valence-corrected chi connectivity index (χ4v) is 3.93. The monoisotopic (exact) mass is 416 g/mol. The zero-order chi connectivity index (χ0) is 21.7. The summed E-state index contributed by atoms with van der Waals surface area (Å²) >= 11 is 0. The highest BCUT2D eigenvalue weighted by atomic mass is 19.1. The molecule has 1 amide bonds. The molecule has 0 spiro atoms. The minimum absolute atomic E-state index is 0.105. The van der Waals surface area contributed by atoms with Crippen molar-refractivity contribution in [2.24, 2.45) is 0 Å². The predicted octanol–water partition coefficient (Wildman–Crippen LogP) is 3.75. The first-order valence-electron chi connectivity index (χ1n) is 10.2. The fraction of sp³-hybridized carbons (Fsp3) is 0.435. The molecular formula is C23H29FN2O4. The van der Waals surface area contributed by atoms with E-state index in [1.165, 1.54) is 0 Å². The van der Waals surface area contributed by atoms with Crippen LogP contribution in [-0.4, -0.2) is 46.5 Å². The maximum absolute atomic E-state index is 14.5. The molecule has 0 bridgehead atoms. The fourth-order valence-electron chi connectivity index (χ4n) is 3.93. The van der Waals surface area contributed by atoms with Gasteiger partial charge in [0.25, 0.3) is 0 Å². The Kier molecular flexibility index (Phi) is 6.95. The molecule has 162 valence electrons. The molecule has 7 heteroatoms. The number of hydrogen-bond donors (Lipinski definition) is 3. The van der Waals surface area contributed by atoms with E-state index >= 15 is 0 Å². The smallest absolute Gasteiger partial charge is 0.243 e.